The van der Waals surface area contributed by atoms with Gasteiger partial charge in [-0.15, -0.1) is 11.3 Å². The zero-order valence-electron chi connectivity index (χ0n) is 8.86. The molecule has 5 heteroatoms. The molecular weight excluding hydrogens is 244 g/mol. The number of carbonyl (C=O) groups excluding carboxylic acids is 1. The van der Waals surface area contributed by atoms with Gasteiger partial charge in [0.05, 0.1) is 15.3 Å². The molecule has 3 nitrogen and oxygen atoms in total. The lowest BCUT2D eigenvalue weighted by Crippen LogP contribution is -2.63. The van der Waals surface area contributed by atoms with Gasteiger partial charge in [0.2, 0.25) is 0 Å². The summed E-state index contributed by atoms with van der Waals surface area (Å²) in [5, 5.41) is 0. The molecule has 0 N–H and O–H groups in total. The van der Waals surface area contributed by atoms with Crippen LogP contribution in [0.5, 0.6) is 0 Å². The number of thiophene rings is 1. The van der Waals surface area contributed by atoms with Crippen molar-refractivity contribution in [3.05, 3.63) is 21.3 Å². The number of fused-ring (bicyclic) bond motifs is 3. The number of carbonyl (C=O) groups is 1. The van der Waals surface area contributed by atoms with E-state index in [2.05, 4.69) is 9.80 Å². The van der Waals surface area contributed by atoms with E-state index in [0.29, 0.717) is 4.34 Å². The van der Waals surface area contributed by atoms with Crippen LogP contribution < -0.4 is 0 Å². The normalized spacial score (nSPS) is 32.9. The molecule has 0 aromatic carbocycles. The fourth-order valence-corrected chi connectivity index (χ4v) is 3.51. The number of hydrogen-bond acceptors (Lipinski definition) is 4. The van der Waals surface area contributed by atoms with Gasteiger partial charge in [-0.3, -0.25) is 14.6 Å². The molecule has 1 aromatic heterocycles. The average molecular weight is 257 g/mol. The standard InChI is InChI=1S/C11H13ClN2OS/c12-10-2-1-9(16-10)11(15)8-7-13-3-5-14(8)6-4-13/h1-2,8H,3-7H2. The molecular formula is C11H13ClN2OS. The highest BCUT2D eigenvalue weighted by molar-refractivity contribution is 7.18. The van der Waals surface area contributed by atoms with Crippen LogP contribution in [0, 0.1) is 0 Å². The Morgan fingerprint density at radius 2 is 2.06 bits per heavy atom. The molecule has 16 heavy (non-hydrogen) atoms. The lowest BCUT2D eigenvalue weighted by Gasteiger charge is -2.46. The largest absolute Gasteiger partial charge is 0.299 e. The van der Waals surface area contributed by atoms with Crippen LogP contribution in [0.4, 0.5) is 0 Å². The molecule has 3 aliphatic rings. The SMILES string of the molecule is O=C(c1ccc(Cl)s1)C1CN2CCN1CC2. The molecule has 2 bridgehead atoms. The summed E-state index contributed by atoms with van der Waals surface area (Å²) in [6, 6.07) is 3.70. The van der Waals surface area contributed by atoms with E-state index in [1.54, 1.807) is 6.07 Å². The van der Waals surface area contributed by atoms with Crippen LogP contribution in [-0.4, -0.2) is 54.3 Å². The second-order valence-electron chi connectivity index (χ2n) is 4.32. The van der Waals surface area contributed by atoms with Crippen LogP contribution in [0.2, 0.25) is 4.34 Å². The highest BCUT2D eigenvalue weighted by Gasteiger charge is 2.36. The Morgan fingerprint density at radius 3 is 2.56 bits per heavy atom. The highest BCUT2D eigenvalue weighted by atomic mass is 35.5. The molecule has 3 aliphatic heterocycles. The van der Waals surface area contributed by atoms with Gasteiger partial charge in [0, 0.05) is 32.7 Å². The van der Waals surface area contributed by atoms with Gasteiger partial charge in [-0.1, -0.05) is 11.6 Å². The molecule has 86 valence electrons. The van der Waals surface area contributed by atoms with Gasteiger partial charge >= 0.3 is 0 Å². The van der Waals surface area contributed by atoms with Crippen LogP contribution in [0.25, 0.3) is 0 Å². The fraction of sp³-hybridized carbons (Fsp3) is 0.545. The van der Waals surface area contributed by atoms with Gasteiger partial charge in [0.25, 0.3) is 0 Å². The summed E-state index contributed by atoms with van der Waals surface area (Å²) in [6.45, 7) is 5.14. The monoisotopic (exact) mass is 256 g/mol. The summed E-state index contributed by atoms with van der Waals surface area (Å²) in [5.74, 6) is 0.237. The van der Waals surface area contributed by atoms with Crippen molar-refractivity contribution in [1.29, 1.82) is 0 Å². The Kier molecular flexibility index (Phi) is 2.75. The molecule has 4 rings (SSSR count). The quantitative estimate of drug-likeness (QED) is 0.751. The first-order valence-electron chi connectivity index (χ1n) is 5.50. The first-order chi connectivity index (χ1) is 7.74. The van der Waals surface area contributed by atoms with Crippen LogP contribution in [-0.2, 0) is 0 Å². The zero-order chi connectivity index (χ0) is 11.1. The van der Waals surface area contributed by atoms with E-state index in [1.807, 2.05) is 6.07 Å². The minimum absolute atomic E-state index is 0.0530. The third-order valence-corrected chi connectivity index (χ3v) is 4.64. The number of rotatable bonds is 2. The summed E-state index contributed by atoms with van der Waals surface area (Å²) in [5.41, 5.74) is 0. The summed E-state index contributed by atoms with van der Waals surface area (Å²) in [7, 11) is 0. The molecule has 1 aromatic rings. The third kappa shape index (κ3) is 1.80. The van der Waals surface area contributed by atoms with E-state index in [4.69, 9.17) is 11.6 Å². The maximum atomic E-state index is 12.3. The molecule has 0 radical (unpaired) electrons. The Balaban J connectivity index is 1.80. The van der Waals surface area contributed by atoms with Crippen molar-refractivity contribution in [1.82, 2.24) is 9.80 Å². The molecule has 0 spiro atoms. The Bertz CT molecular complexity index is 412. The zero-order valence-corrected chi connectivity index (χ0v) is 10.4. The van der Waals surface area contributed by atoms with Crippen molar-refractivity contribution in [2.45, 2.75) is 6.04 Å². The number of Topliss-reactive ketones (excluding diaryl/α,β-unsaturated/α-hetero) is 1. The van der Waals surface area contributed by atoms with Gasteiger partial charge in [0.15, 0.2) is 5.78 Å². The molecule has 0 saturated carbocycles. The Hall–Kier alpha value is -0.420. The first kappa shape index (κ1) is 10.7. The van der Waals surface area contributed by atoms with Crippen molar-refractivity contribution in [3.63, 3.8) is 0 Å². The summed E-state index contributed by atoms with van der Waals surface area (Å²) in [4.78, 5) is 17.8. The molecule has 1 unspecified atom stereocenters. The molecule has 3 saturated heterocycles. The Morgan fingerprint density at radius 1 is 1.31 bits per heavy atom. The predicted molar refractivity (Wildman–Crippen MR) is 65.5 cm³/mol. The smallest absolute Gasteiger partial charge is 0.191 e. The molecule has 0 amide bonds. The first-order valence-corrected chi connectivity index (χ1v) is 6.69. The van der Waals surface area contributed by atoms with E-state index < -0.39 is 0 Å². The van der Waals surface area contributed by atoms with Crippen molar-refractivity contribution >= 4 is 28.7 Å². The van der Waals surface area contributed by atoms with Crippen LogP contribution >= 0.6 is 22.9 Å². The van der Waals surface area contributed by atoms with E-state index in [0.717, 1.165) is 37.6 Å². The number of halogens is 1. The fourth-order valence-electron chi connectivity index (χ4n) is 2.48. The predicted octanol–water partition coefficient (Wildman–Crippen LogP) is 1.58. The maximum Gasteiger partial charge on any atom is 0.191 e. The average Bonchev–Trinajstić information content (AvgIpc) is 2.76. The molecule has 4 heterocycles. The summed E-state index contributed by atoms with van der Waals surface area (Å²) < 4.78 is 0.694. The van der Waals surface area contributed by atoms with Gasteiger partial charge in [-0.05, 0) is 12.1 Å². The van der Waals surface area contributed by atoms with Gasteiger partial charge in [0.1, 0.15) is 0 Å². The van der Waals surface area contributed by atoms with E-state index in [9.17, 15) is 4.79 Å². The van der Waals surface area contributed by atoms with Gasteiger partial charge in [-0.25, -0.2) is 0 Å². The van der Waals surface area contributed by atoms with Crippen LogP contribution in [0.1, 0.15) is 9.67 Å². The van der Waals surface area contributed by atoms with Crippen molar-refractivity contribution < 1.29 is 4.79 Å². The van der Waals surface area contributed by atoms with Crippen LogP contribution in [0.15, 0.2) is 12.1 Å². The van der Waals surface area contributed by atoms with Crippen molar-refractivity contribution in [2.24, 2.45) is 0 Å². The minimum atomic E-state index is 0.0530. The second-order valence-corrected chi connectivity index (χ2v) is 6.04. The van der Waals surface area contributed by atoms with Gasteiger partial charge < -0.3 is 0 Å². The second kappa shape index (κ2) is 4.11. The van der Waals surface area contributed by atoms with Crippen molar-refractivity contribution in [2.75, 3.05) is 32.7 Å². The van der Waals surface area contributed by atoms with E-state index in [1.165, 1.54) is 11.3 Å². The van der Waals surface area contributed by atoms with E-state index >= 15 is 0 Å². The number of nitrogens with zero attached hydrogens (tertiary/aromatic N) is 2. The lowest BCUT2D eigenvalue weighted by molar-refractivity contribution is 0.0161. The highest BCUT2D eigenvalue weighted by Crippen LogP contribution is 2.26. The van der Waals surface area contributed by atoms with Crippen LogP contribution in [0.3, 0.4) is 0 Å². The number of piperazine rings is 3. The van der Waals surface area contributed by atoms with E-state index in [-0.39, 0.29) is 11.8 Å². The summed E-state index contributed by atoms with van der Waals surface area (Å²) >= 11 is 7.25. The number of hydrogen-bond donors (Lipinski definition) is 0. The molecule has 3 fully saturated rings. The number of ketones is 1. The minimum Gasteiger partial charge on any atom is -0.299 e. The Labute approximate surface area is 104 Å². The molecule has 0 aliphatic carbocycles. The third-order valence-electron chi connectivity index (χ3n) is 3.40. The van der Waals surface area contributed by atoms with Crippen molar-refractivity contribution in [3.8, 4) is 0 Å². The topological polar surface area (TPSA) is 23.6 Å². The molecule has 1 atom stereocenters. The summed E-state index contributed by atoms with van der Waals surface area (Å²) in [6.07, 6.45) is 0. The van der Waals surface area contributed by atoms with Gasteiger partial charge in [-0.2, -0.15) is 0 Å². The lowest BCUT2D eigenvalue weighted by atomic mass is 10.0. The maximum absolute atomic E-state index is 12.3.